The maximum absolute atomic E-state index is 11.6. The van der Waals surface area contributed by atoms with E-state index in [2.05, 4.69) is 10.6 Å². The molecule has 0 aliphatic rings. The molecule has 2 N–H and O–H groups in total. The Labute approximate surface area is 113 Å². The monoisotopic (exact) mass is 264 g/mol. The predicted octanol–water partition coefficient (Wildman–Crippen LogP) is 1.94. The number of anilines is 1. The maximum Gasteiger partial charge on any atom is 0.226 e. The zero-order valence-corrected chi connectivity index (χ0v) is 11.5. The molecule has 5 heteroatoms. The molecular weight excluding hydrogens is 244 g/mol. The summed E-state index contributed by atoms with van der Waals surface area (Å²) in [6.45, 7) is 5.68. The summed E-state index contributed by atoms with van der Waals surface area (Å²) in [6.07, 6.45) is 0.377. The minimum Gasteiger partial charge on any atom is -0.491 e. The van der Waals surface area contributed by atoms with Gasteiger partial charge in [-0.2, -0.15) is 0 Å². The van der Waals surface area contributed by atoms with Gasteiger partial charge in [0.25, 0.3) is 0 Å². The fraction of sp³-hybridized carbons (Fsp3) is 0.429. The van der Waals surface area contributed by atoms with Gasteiger partial charge in [-0.3, -0.25) is 9.59 Å². The molecule has 0 saturated heterocycles. The highest BCUT2D eigenvalue weighted by atomic mass is 16.5. The van der Waals surface area contributed by atoms with E-state index in [4.69, 9.17) is 4.74 Å². The van der Waals surface area contributed by atoms with Gasteiger partial charge in [-0.15, -0.1) is 0 Å². The third kappa shape index (κ3) is 6.45. The Morgan fingerprint density at radius 1 is 1.21 bits per heavy atom. The molecule has 104 valence electrons. The normalized spacial score (nSPS) is 10.1. The first-order chi connectivity index (χ1) is 8.97. The van der Waals surface area contributed by atoms with Crippen molar-refractivity contribution < 1.29 is 14.3 Å². The van der Waals surface area contributed by atoms with Crippen LogP contribution in [0.4, 0.5) is 5.69 Å². The van der Waals surface area contributed by atoms with Gasteiger partial charge in [0.15, 0.2) is 0 Å². The number of nitrogens with one attached hydrogen (secondary N) is 2. The summed E-state index contributed by atoms with van der Waals surface area (Å²) in [4.78, 5) is 22.2. The summed E-state index contributed by atoms with van der Waals surface area (Å²) >= 11 is 0. The molecule has 1 aromatic carbocycles. The van der Waals surface area contributed by atoms with Crippen molar-refractivity contribution in [3.05, 3.63) is 24.3 Å². The third-order valence-electron chi connectivity index (χ3n) is 2.24. The van der Waals surface area contributed by atoms with Crippen LogP contribution in [0.5, 0.6) is 5.75 Å². The molecule has 2 amide bonds. The molecule has 0 heterocycles. The number of benzene rings is 1. The number of carbonyl (C=O) groups excluding carboxylic acids is 2. The SMILES string of the molecule is CC(=O)NCCC(=O)Nc1ccc(OC(C)C)cc1. The van der Waals surface area contributed by atoms with Crippen LogP contribution in [0, 0.1) is 0 Å². The van der Waals surface area contributed by atoms with E-state index in [0.717, 1.165) is 5.75 Å². The minimum atomic E-state index is -0.136. The summed E-state index contributed by atoms with van der Waals surface area (Å²) < 4.78 is 5.51. The van der Waals surface area contributed by atoms with Crippen molar-refractivity contribution in [1.82, 2.24) is 5.32 Å². The zero-order valence-electron chi connectivity index (χ0n) is 11.5. The van der Waals surface area contributed by atoms with Crippen molar-refractivity contribution in [3.8, 4) is 5.75 Å². The topological polar surface area (TPSA) is 67.4 Å². The summed E-state index contributed by atoms with van der Waals surface area (Å²) in [7, 11) is 0. The lowest BCUT2D eigenvalue weighted by molar-refractivity contribution is -0.119. The molecule has 1 rings (SSSR count). The van der Waals surface area contributed by atoms with Gasteiger partial charge < -0.3 is 15.4 Å². The first-order valence-electron chi connectivity index (χ1n) is 6.28. The molecule has 0 bridgehead atoms. The third-order valence-corrected chi connectivity index (χ3v) is 2.24. The predicted molar refractivity (Wildman–Crippen MR) is 74.1 cm³/mol. The number of carbonyl (C=O) groups is 2. The van der Waals surface area contributed by atoms with Gasteiger partial charge in [0.2, 0.25) is 11.8 Å². The van der Waals surface area contributed by atoms with Gasteiger partial charge in [-0.25, -0.2) is 0 Å². The fourth-order valence-electron chi connectivity index (χ4n) is 1.46. The Morgan fingerprint density at radius 3 is 2.37 bits per heavy atom. The summed E-state index contributed by atoms with van der Waals surface area (Å²) in [6, 6.07) is 7.19. The van der Waals surface area contributed by atoms with Crippen LogP contribution in [-0.4, -0.2) is 24.5 Å². The van der Waals surface area contributed by atoms with Crippen LogP contribution in [0.2, 0.25) is 0 Å². The van der Waals surface area contributed by atoms with Gasteiger partial charge in [0.05, 0.1) is 6.10 Å². The molecule has 5 nitrogen and oxygen atoms in total. The summed E-state index contributed by atoms with van der Waals surface area (Å²) in [5.74, 6) is 0.500. The molecule has 19 heavy (non-hydrogen) atoms. The second-order valence-corrected chi connectivity index (χ2v) is 4.47. The lowest BCUT2D eigenvalue weighted by atomic mass is 10.3. The zero-order chi connectivity index (χ0) is 14.3. The molecule has 0 atom stereocenters. The van der Waals surface area contributed by atoms with E-state index in [-0.39, 0.29) is 24.3 Å². The van der Waals surface area contributed by atoms with Crippen molar-refractivity contribution in [3.63, 3.8) is 0 Å². The molecular formula is C14H20N2O3. The van der Waals surface area contributed by atoms with Crippen molar-refractivity contribution in [2.75, 3.05) is 11.9 Å². The number of hydrogen-bond acceptors (Lipinski definition) is 3. The molecule has 0 spiro atoms. The van der Waals surface area contributed by atoms with Crippen molar-refractivity contribution in [2.24, 2.45) is 0 Å². The largest absolute Gasteiger partial charge is 0.491 e. The van der Waals surface area contributed by atoms with Gasteiger partial charge >= 0.3 is 0 Å². The van der Waals surface area contributed by atoms with Gasteiger partial charge in [-0.05, 0) is 38.1 Å². The summed E-state index contributed by atoms with van der Waals surface area (Å²) in [5.41, 5.74) is 0.712. The first kappa shape index (κ1) is 15.0. The van der Waals surface area contributed by atoms with Crippen LogP contribution in [0.25, 0.3) is 0 Å². The van der Waals surface area contributed by atoms with Crippen LogP contribution in [-0.2, 0) is 9.59 Å². The molecule has 0 aromatic heterocycles. The number of hydrogen-bond donors (Lipinski definition) is 2. The highest BCUT2D eigenvalue weighted by Crippen LogP contribution is 2.16. The lowest BCUT2D eigenvalue weighted by Gasteiger charge is -2.10. The van der Waals surface area contributed by atoms with Gasteiger partial charge in [0, 0.05) is 25.6 Å². The lowest BCUT2D eigenvalue weighted by Crippen LogP contribution is -2.25. The second kappa shape index (κ2) is 7.41. The molecule has 0 radical (unpaired) electrons. The number of amides is 2. The average Bonchev–Trinajstić information content (AvgIpc) is 2.30. The van der Waals surface area contributed by atoms with Crippen LogP contribution in [0.1, 0.15) is 27.2 Å². The Morgan fingerprint density at radius 2 is 1.84 bits per heavy atom. The Balaban J connectivity index is 2.40. The molecule has 1 aromatic rings. The fourth-order valence-corrected chi connectivity index (χ4v) is 1.46. The second-order valence-electron chi connectivity index (χ2n) is 4.47. The highest BCUT2D eigenvalue weighted by molar-refractivity contribution is 5.91. The highest BCUT2D eigenvalue weighted by Gasteiger charge is 2.03. The van der Waals surface area contributed by atoms with Crippen LogP contribution >= 0.6 is 0 Å². The minimum absolute atomic E-state index is 0.123. The molecule has 0 aliphatic carbocycles. The van der Waals surface area contributed by atoms with Crippen molar-refractivity contribution >= 4 is 17.5 Å². The van der Waals surface area contributed by atoms with E-state index in [1.165, 1.54) is 6.92 Å². The standard InChI is InChI=1S/C14H20N2O3/c1-10(2)19-13-6-4-12(5-7-13)16-14(18)8-9-15-11(3)17/h4-7,10H,8-9H2,1-3H3,(H,15,17)(H,16,18). The van der Waals surface area contributed by atoms with E-state index in [0.29, 0.717) is 12.2 Å². The van der Waals surface area contributed by atoms with E-state index >= 15 is 0 Å². The van der Waals surface area contributed by atoms with E-state index in [1.54, 1.807) is 12.1 Å². The quantitative estimate of drug-likeness (QED) is 0.825. The molecule has 0 fully saturated rings. The van der Waals surface area contributed by atoms with Crippen LogP contribution in [0.3, 0.4) is 0 Å². The van der Waals surface area contributed by atoms with Crippen LogP contribution in [0.15, 0.2) is 24.3 Å². The van der Waals surface area contributed by atoms with Gasteiger partial charge in [-0.1, -0.05) is 0 Å². The first-order valence-corrected chi connectivity index (χ1v) is 6.28. The Kier molecular flexibility index (Phi) is 5.85. The number of rotatable bonds is 6. The van der Waals surface area contributed by atoms with Crippen molar-refractivity contribution in [2.45, 2.75) is 33.3 Å². The smallest absolute Gasteiger partial charge is 0.226 e. The van der Waals surface area contributed by atoms with Crippen molar-refractivity contribution in [1.29, 1.82) is 0 Å². The van der Waals surface area contributed by atoms with E-state index < -0.39 is 0 Å². The number of ether oxygens (including phenoxy) is 1. The van der Waals surface area contributed by atoms with E-state index in [1.807, 2.05) is 26.0 Å². The average molecular weight is 264 g/mol. The Hall–Kier alpha value is -2.04. The molecule has 0 saturated carbocycles. The molecule has 0 aliphatic heterocycles. The maximum atomic E-state index is 11.6. The molecule has 0 unspecified atom stereocenters. The van der Waals surface area contributed by atoms with Crippen LogP contribution < -0.4 is 15.4 Å². The summed E-state index contributed by atoms with van der Waals surface area (Å²) in [5, 5.41) is 5.32. The van der Waals surface area contributed by atoms with Gasteiger partial charge in [0.1, 0.15) is 5.75 Å². The van der Waals surface area contributed by atoms with E-state index in [9.17, 15) is 9.59 Å². The Bertz CT molecular complexity index is 427.